The molecule has 0 bridgehead atoms. The fraction of sp³-hybridized carbons (Fsp3) is 0.519. The summed E-state index contributed by atoms with van der Waals surface area (Å²) in [5.74, 6) is 2.44. The van der Waals surface area contributed by atoms with Crippen LogP contribution in [0.5, 0.6) is 17.2 Å². The molecule has 0 atom stereocenters. The Morgan fingerprint density at radius 2 is 1.35 bits per heavy atom. The lowest BCUT2D eigenvalue weighted by Gasteiger charge is -2.14. The van der Waals surface area contributed by atoms with Crippen LogP contribution in [0.4, 0.5) is 0 Å². The van der Waals surface area contributed by atoms with Crippen molar-refractivity contribution in [2.24, 2.45) is 0 Å². The predicted octanol–water partition coefficient (Wildman–Crippen LogP) is 7.04. The molecule has 4 nitrogen and oxygen atoms in total. The number of hydrogen-bond donors (Lipinski definition) is 0. The molecule has 0 aromatic heterocycles. The molecule has 0 fully saturated rings. The molecule has 2 aromatic rings. The quantitative estimate of drug-likeness (QED) is 0.213. The summed E-state index contributed by atoms with van der Waals surface area (Å²) < 4.78 is 17.7. The van der Waals surface area contributed by atoms with Gasteiger partial charge in [0.15, 0.2) is 5.78 Å². The lowest BCUT2D eigenvalue weighted by atomic mass is 10.0. The molecule has 2 aromatic carbocycles. The number of unbranched alkanes of at least 4 members (excludes halogenated alkanes) is 3. The smallest absolute Gasteiger partial charge is 0.166 e. The van der Waals surface area contributed by atoms with Gasteiger partial charge in [-0.05, 0) is 61.6 Å². The first-order valence-corrected chi connectivity index (χ1v) is 11.8. The van der Waals surface area contributed by atoms with Gasteiger partial charge in [0.2, 0.25) is 0 Å². The number of hydrogen-bond acceptors (Lipinski definition) is 4. The molecular formula is C27H38O4. The Kier molecular flexibility index (Phi) is 11.6. The molecule has 2 rings (SSSR count). The van der Waals surface area contributed by atoms with Gasteiger partial charge in [0.05, 0.1) is 25.4 Å². The largest absolute Gasteiger partial charge is 0.494 e. The van der Waals surface area contributed by atoms with Crippen molar-refractivity contribution in [3.05, 3.63) is 53.6 Å². The van der Waals surface area contributed by atoms with Crippen LogP contribution < -0.4 is 14.2 Å². The fourth-order valence-corrected chi connectivity index (χ4v) is 3.17. The topological polar surface area (TPSA) is 44.8 Å². The van der Waals surface area contributed by atoms with Crippen molar-refractivity contribution < 1.29 is 19.0 Å². The zero-order chi connectivity index (χ0) is 22.3. The van der Waals surface area contributed by atoms with E-state index in [2.05, 4.69) is 20.8 Å². The van der Waals surface area contributed by atoms with E-state index in [0.29, 0.717) is 44.0 Å². The van der Waals surface area contributed by atoms with Crippen LogP contribution in [-0.2, 0) is 6.42 Å². The molecule has 0 aliphatic rings. The van der Waals surface area contributed by atoms with Gasteiger partial charge in [-0.2, -0.15) is 0 Å². The molecule has 4 heteroatoms. The molecule has 0 unspecified atom stereocenters. The first kappa shape index (κ1) is 24.8. The fourth-order valence-electron chi connectivity index (χ4n) is 3.17. The standard InChI is InChI=1S/C27H38O4/c1-4-7-18-29-23-15-17-26(30-19-8-5-2)22(21-23)14-16-25(28)24-12-10-11-13-27(24)31-20-9-6-3/h10-13,15,17,21H,4-9,14,16,18-20H2,1-3H3. The van der Waals surface area contributed by atoms with Crippen LogP contribution in [-0.4, -0.2) is 25.6 Å². The summed E-state index contributed by atoms with van der Waals surface area (Å²) in [7, 11) is 0. The number of ether oxygens (including phenoxy) is 3. The highest BCUT2D eigenvalue weighted by molar-refractivity contribution is 5.98. The maximum Gasteiger partial charge on any atom is 0.166 e. The highest BCUT2D eigenvalue weighted by Crippen LogP contribution is 2.28. The predicted molar refractivity (Wildman–Crippen MR) is 127 cm³/mol. The Hall–Kier alpha value is -2.49. The zero-order valence-electron chi connectivity index (χ0n) is 19.5. The third-order valence-corrected chi connectivity index (χ3v) is 5.12. The maximum absolute atomic E-state index is 13.0. The second-order valence-electron chi connectivity index (χ2n) is 7.79. The summed E-state index contributed by atoms with van der Waals surface area (Å²) in [6, 6.07) is 13.5. The molecule has 0 amide bonds. The van der Waals surface area contributed by atoms with Gasteiger partial charge in [0.1, 0.15) is 17.2 Å². The van der Waals surface area contributed by atoms with Crippen molar-refractivity contribution in [3.63, 3.8) is 0 Å². The average molecular weight is 427 g/mol. The molecule has 170 valence electrons. The minimum Gasteiger partial charge on any atom is -0.494 e. The third kappa shape index (κ3) is 8.64. The van der Waals surface area contributed by atoms with E-state index in [4.69, 9.17) is 14.2 Å². The number of carbonyl (C=O) groups is 1. The molecule has 0 spiro atoms. The first-order chi connectivity index (χ1) is 15.2. The van der Waals surface area contributed by atoms with E-state index in [1.807, 2.05) is 42.5 Å². The van der Waals surface area contributed by atoms with Gasteiger partial charge in [0.25, 0.3) is 0 Å². The maximum atomic E-state index is 13.0. The Labute approximate surface area is 187 Å². The van der Waals surface area contributed by atoms with E-state index < -0.39 is 0 Å². The molecule has 0 aliphatic heterocycles. The number of Topliss-reactive ketones (excluding diaryl/α,β-unsaturated/α-hetero) is 1. The van der Waals surface area contributed by atoms with E-state index in [-0.39, 0.29) is 5.78 Å². The van der Waals surface area contributed by atoms with E-state index in [0.717, 1.165) is 55.6 Å². The Balaban J connectivity index is 2.08. The molecule has 0 saturated heterocycles. The normalized spacial score (nSPS) is 10.7. The number of ketones is 1. The lowest BCUT2D eigenvalue weighted by Crippen LogP contribution is -2.07. The summed E-state index contributed by atoms with van der Waals surface area (Å²) in [5.41, 5.74) is 1.67. The van der Waals surface area contributed by atoms with Crippen molar-refractivity contribution in [2.45, 2.75) is 72.1 Å². The number of rotatable bonds is 16. The molecule has 0 saturated carbocycles. The van der Waals surface area contributed by atoms with Crippen LogP contribution in [0, 0.1) is 0 Å². The summed E-state index contributed by atoms with van der Waals surface area (Å²) >= 11 is 0. The highest BCUT2D eigenvalue weighted by Gasteiger charge is 2.14. The third-order valence-electron chi connectivity index (χ3n) is 5.12. The Morgan fingerprint density at radius 3 is 2.03 bits per heavy atom. The van der Waals surface area contributed by atoms with Crippen LogP contribution in [0.2, 0.25) is 0 Å². The van der Waals surface area contributed by atoms with Crippen molar-refractivity contribution in [1.29, 1.82) is 0 Å². The van der Waals surface area contributed by atoms with Crippen molar-refractivity contribution in [1.82, 2.24) is 0 Å². The zero-order valence-corrected chi connectivity index (χ0v) is 19.5. The molecular weight excluding hydrogens is 388 g/mol. The number of carbonyl (C=O) groups excluding carboxylic acids is 1. The Bertz CT molecular complexity index is 785. The molecule has 0 radical (unpaired) electrons. The average Bonchev–Trinajstić information content (AvgIpc) is 2.79. The van der Waals surface area contributed by atoms with Crippen molar-refractivity contribution in [2.75, 3.05) is 19.8 Å². The van der Waals surface area contributed by atoms with Gasteiger partial charge in [-0.3, -0.25) is 4.79 Å². The van der Waals surface area contributed by atoms with Crippen LogP contribution in [0.15, 0.2) is 42.5 Å². The van der Waals surface area contributed by atoms with Crippen molar-refractivity contribution in [3.8, 4) is 17.2 Å². The molecule has 0 heterocycles. The molecule has 0 aliphatic carbocycles. The van der Waals surface area contributed by atoms with Crippen molar-refractivity contribution >= 4 is 5.78 Å². The van der Waals surface area contributed by atoms with Gasteiger partial charge in [-0.15, -0.1) is 0 Å². The van der Waals surface area contributed by atoms with Gasteiger partial charge >= 0.3 is 0 Å². The van der Waals surface area contributed by atoms with Crippen LogP contribution in [0.1, 0.15) is 81.6 Å². The number of aryl methyl sites for hydroxylation is 1. The Morgan fingerprint density at radius 1 is 0.742 bits per heavy atom. The van der Waals surface area contributed by atoms with Gasteiger partial charge in [-0.1, -0.05) is 52.2 Å². The van der Waals surface area contributed by atoms with Crippen LogP contribution in [0.3, 0.4) is 0 Å². The highest BCUT2D eigenvalue weighted by atomic mass is 16.5. The number of para-hydroxylation sites is 1. The van der Waals surface area contributed by atoms with Gasteiger partial charge < -0.3 is 14.2 Å². The monoisotopic (exact) mass is 426 g/mol. The summed E-state index contributed by atoms with van der Waals surface area (Å²) in [6.45, 7) is 8.44. The second-order valence-corrected chi connectivity index (χ2v) is 7.79. The van der Waals surface area contributed by atoms with Gasteiger partial charge in [0, 0.05) is 6.42 Å². The summed E-state index contributed by atoms with van der Waals surface area (Å²) in [6.07, 6.45) is 7.26. The van der Waals surface area contributed by atoms with Gasteiger partial charge in [-0.25, -0.2) is 0 Å². The minimum atomic E-state index is 0.0870. The number of benzene rings is 2. The first-order valence-electron chi connectivity index (χ1n) is 11.8. The molecule has 31 heavy (non-hydrogen) atoms. The minimum absolute atomic E-state index is 0.0870. The lowest BCUT2D eigenvalue weighted by molar-refractivity contribution is 0.0978. The van der Waals surface area contributed by atoms with Crippen LogP contribution >= 0.6 is 0 Å². The van der Waals surface area contributed by atoms with E-state index in [1.165, 1.54) is 0 Å². The summed E-state index contributed by atoms with van der Waals surface area (Å²) in [5, 5.41) is 0. The van der Waals surface area contributed by atoms with E-state index >= 15 is 0 Å². The van der Waals surface area contributed by atoms with E-state index in [9.17, 15) is 4.79 Å². The summed E-state index contributed by atoms with van der Waals surface area (Å²) in [4.78, 5) is 13.0. The second kappa shape index (κ2) is 14.5. The van der Waals surface area contributed by atoms with Crippen LogP contribution in [0.25, 0.3) is 0 Å². The van der Waals surface area contributed by atoms with E-state index in [1.54, 1.807) is 0 Å². The SMILES string of the molecule is CCCCOc1ccc(OCCCC)c(CCC(=O)c2ccccc2OCCCC)c1. The molecule has 0 N–H and O–H groups in total.